The Hall–Kier alpha value is -0.180. The Kier molecular flexibility index (Phi) is 3.20. The summed E-state index contributed by atoms with van der Waals surface area (Å²) in [5.41, 5.74) is 0. The molecule has 0 bridgehead atoms. The lowest BCUT2D eigenvalue weighted by atomic mass is 10.4. The van der Waals surface area contributed by atoms with Gasteiger partial charge >= 0.3 is 0 Å². The summed E-state index contributed by atoms with van der Waals surface area (Å²) in [4.78, 5) is 0. The first-order valence-electron chi connectivity index (χ1n) is 4.06. The van der Waals surface area contributed by atoms with Crippen LogP contribution in [0.15, 0.2) is 0 Å². The number of hydrogen-bond donors (Lipinski definition) is 2. The van der Waals surface area contributed by atoms with Crippen molar-refractivity contribution in [2.45, 2.75) is 10.7 Å². The van der Waals surface area contributed by atoms with Crippen molar-refractivity contribution in [2.24, 2.45) is 0 Å². The van der Waals surface area contributed by atoms with Crippen molar-refractivity contribution >= 4 is 19.7 Å². The second-order valence-electron chi connectivity index (χ2n) is 3.45. The molecule has 14 heavy (non-hydrogen) atoms. The van der Waals surface area contributed by atoms with Crippen LogP contribution < -0.4 is 10.6 Å². The fourth-order valence-electron chi connectivity index (χ4n) is 1.23. The lowest BCUT2D eigenvalue weighted by Crippen LogP contribution is -2.59. The minimum Gasteiger partial charge on any atom is -0.297 e. The van der Waals surface area contributed by atoms with E-state index in [1.165, 1.54) is 0 Å². The van der Waals surface area contributed by atoms with E-state index >= 15 is 0 Å². The van der Waals surface area contributed by atoms with Crippen molar-refractivity contribution < 1.29 is 16.8 Å². The summed E-state index contributed by atoms with van der Waals surface area (Å²) in [5.74, 6) is 0. The molecular formula is C6H14N2O4S2. The lowest BCUT2D eigenvalue weighted by Gasteiger charge is -2.28. The summed E-state index contributed by atoms with van der Waals surface area (Å²) in [5, 5.41) is 3.98. The van der Waals surface area contributed by atoms with Crippen molar-refractivity contribution in [3.05, 3.63) is 0 Å². The molecular weight excluding hydrogens is 228 g/mol. The van der Waals surface area contributed by atoms with E-state index in [2.05, 4.69) is 10.6 Å². The smallest absolute Gasteiger partial charge is 0.164 e. The fraction of sp³-hybridized carbons (Fsp3) is 1.00. The van der Waals surface area contributed by atoms with Crippen LogP contribution in [-0.2, 0) is 19.7 Å². The molecule has 0 aromatic carbocycles. The quantitative estimate of drug-likeness (QED) is 0.577. The molecule has 0 spiro atoms. The molecule has 0 radical (unpaired) electrons. The summed E-state index contributed by atoms with van der Waals surface area (Å²) in [6.07, 6.45) is 2.24. The van der Waals surface area contributed by atoms with Crippen molar-refractivity contribution in [3.63, 3.8) is 0 Å². The van der Waals surface area contributed by atoms with Gasteiger partial charge in [0.25, 0.3) is 0 Å². The molecule has 0 aromatic rings. The molecule has 0 aromatic heterocycles. The average molecular weight is 242 g/mol. The van der Waals surface area contributed by atoms with Crippen LogP contribution in [0.3, 0.4) is 0 Å². The molecule has 1 heterocycles. The number of hydrogen-bond acceptors (Lipinski definition) is 6. The molecule has 1 fully saturated rings. The molecule has 1 saturated heterocycles. The molecule has 0 amide bonds. The van der Waals surface area contributed by atoms with Crippen LogP contribution in [-0.4, -0.2) is 53.2 Å². The Morgan fingerprint density at radius 1 is 0.857 bits per heavy atom. The van der Waals surface area contributed by atoms with Crippen LogP contribution >= 0.6 is 0 Å². The monoisotopic (exact) mass is 242 g/mol. The Morgan fingerprint density at radius 2 is 1.14 bits per heavy atom. The third kappa shape index (κ3) is 2.91. The molecule has 2 unspecified atom stereocenters. The summed E-state index contributed by atoms with van der Waals surface area (Å²) in [6, 6.07) is 0. The van der Waals surface area contributed by atoms with Gasteiger partial charge in [-0.05, 0) is 0 Å². The first-order valence-corrected chi connectivity index (χ1v) is 7.96. The highest BCUT2D eigenvalue weighted by molar-refractivity contribution is 7.91. The van der Waals surface area contributed by atoms with Crippen LogP contribution in [0.4, 0.5) is 0 Å². The van der Waals surface area contributed by atoms with Gasteiger partial charge in [-0.1, -0.05) is 0 Å². The largest absolute Gasteiger partial charge is 0.297 e. The number of nitrogens with one attached hydrogen (secondary N) is 2. The van der Waals surface area contributed by atoms with Crippen LogP contribution in [0.1, 0.15) is 0 Å². The predicted molar refractivity (Wildman–Crippen MR) is 53.3 cm³/mol. The van der Waals surface area contributed by atoms with Crippen LogP contribution in [0, 0.1) is 0 Å². The van der Waals surface area contributed by atoms with Crippen LogP contribution in [0.2, 0.25) is 0 Å². The second-order valence-corrected chi connectivity index (χ2v) is 7.91. The molecule has 1 aliphatic rings. The highest BCUT2D eigenvalue weighted by Crippen LogP contribution is 2.03. The number of piperazine rings is 1. The van der Waals surface area contributed by atoms with Crippen LogP contribution in [0.5, 0.6) is 0 Å². The van der Waals surface area contributed by atoms with E-state index in [-0.39, 0.29) is 13.1 Å². The molecule has 2 N–H and O–H groups in total. The van der Waals surface area contributed by atoms with Gasteiger partial charge < -0.3 is 0 Å². The van der Waals surface area contributed by atoms with Gasteiger partial charge in [0.15, 0.2) is 19.7 Å². The van der Waals surface area contributed by atoms with Crippen molar-refractivity contribution in [2.75, 3.05) is 25.6 Å². The summed E-state index contributed by atoms with van der Waals surface area (Å²) < 4.78 is 44.4. The molecule has 2 atom stereocenters. The highest BCUT2D eigenvalue weighted by Gasteiger charge is 2.31. The molecule has 84 valence electrons. The van der Waals surface area contributed by atoms with Gasteiger partial charge in [0.05, 0.1) is 0 Å². The van der Waals surface area contributed by atoms with E-state index in [9.17, 15) is 16.8 Å². The maximum Gasteiger partial charge on any atom is 0.164 e. The normalized spacial score (nSPS) is 30.1. The summed E-state index contributed by atoms with van der Waals surface area (Å²) in [6.45, 7) is 0.243. The zero-order chi connectivity index (χ0) is 11.0. The lowest BCUT2D eigenvalue weighted by molar-refractivity contribution is 0.440. The van der Waals surface area contributed by atoms with Gasteiger partial charge in [0, 0.05) is 25.6 Å². The van der Waals surface area contributed by atoms with E-state index in [0.717, 1.165) is 12.5 Å². The molecule has 0 saturated carbocycles. The van der Waals surface area contributed by atoms with E-state index in [1.54, 1.807) is 0 Å². The van der Waals surface area contributed by atoms with Gasteiger partial charge in [-0.25, -0.2) is 16.8 Å². The SMILES string of the molecule is CS(=O)(=O)C1CNC(S(C)(=O)=O)CN1. The zero-order valence-electron chi connectivity index (χ0n) is 8.02. The Balaban J connectivity index is 2.65. The van der Waals surface area contributed by atoms with Crippen molar-refractivity contribution in [1.29, 1.82) is 0 Å². The predicted octanol–water partition coefficient (Wildman–Crippen LogP) is -2.08. The maximum absolute atomic E-state index is 11.1. The van der Waals surface area contributed by atoms with Gasteiger partial charge in [-0.15, -0.1) is 0 Å². The molecule has 8 heteroatoms. The van der Waals surface area contributed by atoms with Gasteiger partial charge in [0.1, 0.15) is 10.7 Å². The average Bonchev–Trinajstić information content (AvgIpc) is 2.01. The topological polar surface area (TPSA) is 92.3 Å². The number of sulfone groups is 2. The van der Waals surface area contributed by atoms with E-state index < -0.39 is 30.4 Å². The van der Waals surface area contributed by atoms with E-state index in [1.807, 2.05) is 0 Å². The summed E-state index contributed by atoms with van der Waals surface area (Å²) >= 11 is 0. The standard InChI is InChI=1S/C6H14N2O4S2/c1-13(9,10)5-3-8-6(4-7-5)14(2,11)12/h5-8H,3-4H2,1-2H3. The molecule has 1 rings (SSSR count). The third-order valence-corrected chi connectivity index (χ3v) is 4.83. The minimum absolute atomic E-state index is 0.122. The van der Waals surface area contributed by atoms with Gasteiger partial charge in [0.2, 0.25) is 0 Å². The molecule has 1 aliphatic heterocycles. The van der Waals surface area contributed by atoms with E-state index in [4.69, 9.17) is 0 Å². The maximum atomic E-state index is 11.1. The Bertz CT molecular complexity index is 352. The molecule has 6 nitrogen and oxygen atoms in total. The van der Waals surface area contributed by atoms with Gasteiger partial charge in [-0.3, -0.25) is 10.6 Å². The fourth-order valence-corrected chi connectivity index (χ4v) is 2.82. The zero-order valence-corrected chi connectivity index (χ0v) is 9.65. The highest BCUT2D eigenvalue weighted by atomic mass is 32.2. The Labute approximate surface area is 83.9 Å². The minimum atomic E-state index is -3.16. The van der Waals surface area contributed by atoms with Crippen molar-refractivity contribution in [1.82, 2.24) is 10.6 Å². The summed E-state index contributed by atoms with van der Waals surface area (Å²) in [7, 11) is -6.33. The Morgan fingerprint density at radius 3 is 1.29 bits per heavy atom. The van der Waals surface area contributed by atoms with Gasteiger partial charge in [-0.2, -0.15) is 0 Å². The van der Waals surface area contributed by atoms with E-state index in [0.29, 0.717) is 0 Å². The third-order valence-electron chi connectivity index (χ3n) is 2.10. The number of rotatable bonds is 2. The first kappa shape index (κ1) is 11.9. The van der Waals surface area contributed by atoms with Crippen molar-refractivity contribution in [3.8, 4) is 0 Å². The molecule has 0 aliphatic carbocycles. The first-order chi connectivity index (χ1) is 6.21. The van der Waals surface area contributed by atoms with Crippen LogP contribution in [0.25, 0.3) is 0 Å². The second kappa shape index (κ2) is 3.76.